The van der Waals surface area contributed by atoms with Crippen molar-refractivity contribution in [3.63, 3.8) is 0 Å². The SMILES string of the molecule is Cc1cc(NC(=O)Cn2c(-c3cccc(Cl)c3)nc(C)c(CCO)c2=O)ccc1Br. The van der Waals surface area contributed by atoms with E-state index in [0.717, 1.165) is 10.0 Å². The van der Waals surface area contributed by atoms with E-state index >= 15 is 0 Å². The molecule has 0 radical (unpaired) electrons. The molecule has 2 N–H and O–H groups in total. The Labute approximate surface area is 187 Å². The Morgan fingerprint density at radius 2 is 2.00 bits per heavy atom. The van der Waals surface area contributed by atoms with Gasteiger partial charge in [-0.2, -0.15) is 0 Å². The van der Waals surface area contributed by atoms with Crippen LogP contribution in [0.3, 0.4) is 0 Å². The first-order chi connectivity index (χ1) is 14.3. The lowest BCUT2D eigenvalue weighted by Gasteiger charge is -2.16. The molecule has 3 rings (SSSR count). The van der Waals surface area contributed by atoms with Crippen LogP contribution in [0.4, 0.5) is 5.69 Å². The van der Waals surface area contributed by atoms with Crippen LogP contribution in [-0.2, 0) is 17.8 Å². The molecule has 0 spiro atoms. The van der Waals surface area contributed by atoms with Crippen LogP contribution in [0.2, 0.25) is 5.02 Å². The molecule has 3 aromatic rings. The second-order valence-electron chi connectivity index (χ2n) is 6.89. The summed E-state index contributed by atoms with van der Waals surface area (Å²) >= 11 is 9.55. The molecule has 0 aliphatic rings. The van der Waals surface area contributed by atoms with E-state index < -0.39 is 0 Å². The first kappa shape index (κ1) is 22.2. The minimum atomic E-state index is -0.359. The molecular weight excluding hydrogens is 470 g/mol. The molecule has 0 saturated heterocycles. The number of aromatic nitrogens is 2. The average Bonchev–Trinajstić information content (AvgIpc) is 2.70. The number of anilines is 1. The van der Waals surface area contributed by atoms with Gasteiger partial charge in [-0.15, -0.1) is 0 Å². The maximum atomic E-state index is 13.1. The normalized spacial score (nSPS) is 10.8. The summed E-state index contributed by atoms with van der Waals surface area (Å²) in [6, 6.07) is 12.4. The van der Waals surface area contributed by atoms with Gasteiger partial charge < -0.3 is 10.4 Å². The minimum absolute atomic E-state index is 0.168. The van der Waals surface area contributed by atoms with Gasteiger partial charge in [0, 0.05) is 45.0 Å². The Balaban J connectivity index is 2.02. The summed E-state index contributed by atoms with van der Waals surface area (Å²) in [5.74, 6) is -0.00784. The third-order valence-corrected chi connectivity index (χ3v) is 5.78. The van der Waals surface area contributed by atoms with Gasteiger partial charge in [-0.1, -0.05) is 39.7 Å². The number of nitrogens with one attached hydrogen (secondary N) is 1. The van der Waals surface area contributed by atoms with Crippen LogP contribution in [0.15, 0.2) is 51.7 Å². The van der Waals surface area contributed by atoms with Crippen LogP contribution in [0.25, 0.3) is 11.4 Å². The van der Waals surface area contributed by atoms with Gasteiger partial charge in [-0.3, -0.25) is 14.2 Å². The van der Waals surface area contributed by atoms with Crippen molar-refractivity contribution in [2.24, 2.45) is 0 Å². The van der Waals surface area contributed by atoms with Crippen molar-refractivity contribution < 1.29 is 9.90 Å². The third-order valence-electron chi connectivity index (χ3n) is 4.66. The number of halogens is 2. The van der Waals surface area contributed by atoms with E-state index in [0.29, 0.717) is 33.4 Å². The lowest BCUT2D eigenvalue weighted by atomic mass is 10.1. The molecule has 1 heterocycles. The summed E-state index contributed by atoms with van der Waals surface area (Å²) in [4.78, 5) is 30.4. The standard InChI is InChI=1S/C22H21BrClN3O3/c1-13-10-17(6-7-19(13)23)26-20(29)12-27-21(15-4-3-5-16(24)11-15)25-14(2)18(8-9-28)22(27)30/h3-7,10-11,28H,8-9,12H2,1-2H3,(H,26,29). The molecule has 2 aromatic carbocycles. The van der Waals surface area contributed by atoms with Gasteiger partial charge in [0.2, 0.25) is 5.91 Å². The summed E-state index contributed by atoms with van der Waals surface area (Å²) in [5, 5.41) is 12.7. The van der Waals surface area contributed by atoms with Crippen LogP contribution in [0.5, 0.6) is 0 Å². The second kappa shape index (κ2) is 9.55. The van der Waals surface area contributed by atoms with Crippen LogP contribution in [0.1, 0.15) is 16.8 Å². The van der Waals surface area contributed by atoms with E-state index in [4.69, 9.17) is 11.6 Å². The molecule has 8 heteroatoms. The highest BCUT2D eigenvalue weighted by Gasteiger charge is 2.18. The molecule has 0 unspecified atom stereocenters. The molecule has 0 bridgehead atoms. The topological polar surface area (TPSA) is 84.2 Å². The van der Waals surface area contributed by atoms with E-state index in [9.17, 15) is 14.7 Å². The molecule has 0 aliphatic carbocycles. The number of amides is 1. The summed E-state index contributed by atoms with van der Waals surface area (Å²) < 4.78 is 2.27. The molecular formula is C22H21BrClN3O3. The van der Waals surface area contributed by atoms with E-state index in [1.54, 1.807) is 37.3 Å². The lowest BCUT2D eigenvalue weighted by molar-refractivity contribution is -0.116. The summed E-state index contributed by atoms with van der Waals surface area (Å²) in [5.41, 5.74) is 2.79. The average molecular weight is 491 g/mol. The predicted octanol–water partition coefficient (Wildman–Crippen LogP) is 4.12. The quantitative estimate of drug-likeness (QED) is 0.544. The maximum absolute atomic E-state index is 13.1. The predicted molar refractivity (Wildman–Crippen MR) is 122 cm³/mol. The highest BCUT2D eigenvalue weighted by atomic mass is 79.9. The molecule has 1 amide bonds. The minimum Gasteiger partial charge on any atom is -0.396 e. The Kier molecular flexibility index (Phi) is 7.07. The summed E-state index contributed by atoms with van der Waals surface area (Å²) in [6.07, 6.45) is 0.168. The van der Waals surface area contributed by atoms with Gasteiger partial charge in [-0.25, -0.2) is 4.98 Å². The zero-order valence-corrected chi connectivity index (χ0v) is 18.9. The zero-order chi connectivity index (χ0) is 21.8. The molecule has 30 heavy (non-hydrogen) atoms. The number of rotatable bonds is 6. The van der Waals surface area contributed by atoms with Gasteiger partial charge >= 0.3 is 0 Å². The van der Waals surface area contributed by atoms with E-state index in [-0.39, 0.29) is 31.0 Å². The van der Waals surface area contributed by atoms with Crippen molar-refractivity contribution >= 4 is 39.1 Å². The third kappa shape index (κ3) is 4.98. The number of benzene rings is 2. The van der Waals surface area contributed by atoms with Crippen LogP contribution < -0.4 is 10.9 Å². The molecule has 0 fully saturated rings. The monoisotopic (exact) mass is 489 g/mol. The van der Waals surface area contributed by atoms with Crippen molar-refractivity contribution in [2.45, 2.75) is 26.8 Å². The van der Waals surface area contributed by atoms with Crippen LogP contribution in [0, 0.1) is 13.8 Å². The molecule has 156 valence electrons. The number of aryl methyl sites for hydroxylation is 2. The fourth-order valence-corrected chi connectivity index (χ4v) is 3.60. The van der Waals surface area contributed by atoms with Gasteiger partial charge in [0.1, 0.15) is 12.4 Å². The Hall–Kier alpha value is -2.48. The van der Waals surface area contributed by atoms with Crippen molar-refractivity contribution in [3.8, 4) is 11.4 Å². The summed E-state index contributed by atoms with van der Waals surface area (Å²) in [7, 11) is 0. The Morgan fingerprint density at radius 3 is 2.67 bits per heavy atom. The maximum Gasteiger partial charge on any atom is 0.257 e. The highest BCUT2D eigenvalue weighted by Crippen LogP contribution is 2.22. The van der Waals surface area contributed by atoms with E-state index in [2.05, 4.69) is 26.2 Å². The van der Waals surface area contributed by atoms with Crippen LogP contribution >= 0.6 is 27.5 Å². The molecule has 6 nitrogen and oxygen atoms in total. The van der Waals surface area contributed by atoms with Gasteiger partial charge in [0.05, 0.1) is 0 Å². The summed E-state index contributed by atoms with van der Waals surface area (Å²) in [6.45, 7) is 3.24. The number of hydrogen-bond acceptors (Lipinski definition) is 4. The van der Waals surface area contributed by atoms with Gasteiger partial charge in [0.15, 0.2) is 0 Å². The van der Waals surface area contributed by atoms with Crippen molar-refractivity contribution in [1.29, 1.82) is 0 Å². The van der Waals surface area contributed by atoms with Gasteiger partial charge in [0.25, 0.3) is 5.56 Å². The number of carbonyl (C=O) groups is 1. The number of carbonyl (C=O) groups excluding carboxylic acids is 1. The Morgan fingerprint density at radius 1 is 1.23 bits per heavy atom. The highest BCUT2D eigenvalue weighted by molar-refractivity contribution is 9.10. The van der Waals surface area contributed by atoms with E-state index in [1.165, 1.54) is 4.57 Å². The smallest absolute Gasteiger partial charge is 0.257 e. The zero-order valence-electron chi connectivity index (χ0n) is 16.6. The van der Waals surface area contributed by atoms with Crippen molar-refractivity contribution in [1.82, 2.24) is 9.55 Å². The van der Waals surface area contributed by atoms with E-state index in [1.807, 2.05) is 19.1 Å². The second-order valence-corrected chi connectivity index (χ2v) is 8.18. The fraction of sp³-hybridized carbons (Fsp3) is 0.227. The molecule has 0 atom stereocenters. The fourth-order valence-electron chi connectivity index (χ4n) is 3.16. The van der Waals surface area contributed by atoms with Crippen molar-refractivity contribution in [2.75, 3.05) is 11.9 Å². The molecule has 1 aromatic heterocycles. The largest absolute Gasteiger partial charge is 0.396 e. The van der Waals surface area contributed by atoms with Crippen molar-refractivity contribution in [3.05, 3.63) is 79.1 Å². The Bertz CT molecular complexity index is 1160. The molecule has 0 aliphatic heterocycles. The van der Waals surface area contributed by atoms with Gasteiger partial charge in [-0.05, 0) is 49.7 Å². The molecule has 0 saturated carbocycles. The number of nitrogens with zero attached hydrogens (tertiary/aromatic N) is 2. The van der Waals surface area contributed by atoms with Crippen LogP contribution in [-0.4, -0.2) is 27.2 Å². The first-order valence-electron chi connectivity index (χ1n) is 9.33. The lowest BCUT2D eigenvalue weighted by Crippen LogP contribution is -2.33. The first-order valence-corrected chi connectivity index (χ1v) is 10.5. The number of aliphatic hydroxyl groups is 1. The number of aliphatic hydroxyl groups excluding tert-OH is 1. The number of hydrogen-bond donors (Lipinski definition) is 2.